The molecule has 0 unspecified atom stereocenters. The van der Waals surface area contributed by atoms with Crippen LogP contribution >= 0.6 is 11.6 Å². The number of rotatable bonds is 7. The minimum Gasteiger partial charge on any atom is -0.481 e. The number of pyridine rings is 1. The van der Waals surface area contributed by atoms with Crippen LogP contribution in [0.2, 0.25) is 5.02 Å². The topological polar surface area (TPSA) is 88.5 Å². The van der Waals surface area contributed by atoms with Gasteiger partial charge in [-0.3, -0.25) is 9.59 Å². The predicted octanol–water partition coefficient (Wildman–Crippen LogP) is 3.04. The molecule has 0 spiro atoms. The summed E-state index contributed by atoms with van der Waals surface area (Å²) in [6, 6.07) is 1.52. The second-order valence-corrected chi connectivity index (χ2v) is 7.18. The fourth-order valence-electron chi connectivity index (χ4n) is 3.14. The number of ether oxygens (including phenoxy) is 1. The van der Waals surface area contributed by atoms with E-state index in [2.05, 4.69) is 10.3 Å². The Balaban J connectivity index is 1.67. The number of carboxylic acids is 1. The number of carbonyl (C=O) groups is 2. The lowest BCUT2D eigenvalue weighted by Crippen LogP contribution is -2.47. The third kappa shape index (κ3) is 4.17. The third-order valence-corrected chi connectivity index (χ3v) is 4.92. The SMILES string of the molecule is O=C(O)CC1(NC(=O)c2cnc(OCC3CC3)c(Cl)c2)CCCC1. The smallest absolute Gasteiger partial charge is 0.305 e. The molecule has 2 N–H and O–H groups in total. The summed E-state index contributed by atoms with van der Waals surface area (Å²) in [6.45, 7) is 0.597. The Labute approximate surface area is 145 Å². The van der Waals surface area contributed by atoms with E-state index < -0.39 is 11.5 Å². The normalized spacial score (nSPS) is 19.0. The highest BCUT2D eigenvalue weighted by Crippen LogP contribution is 2.34. The molecule has 3 rings (SSSR count). The molecule has 1 aromatic heterocycles. The first-order valence-corrected chi connectivity index (χ1v) is 8.68. The molecule has 0 aromatic carbocycles. The maximum Gasteiger partial charge on any atom is 0.305 e. The molecule has 0 aliphatic heterocycles. The van der Waals surface area contributed by atoms with Crippen molar-refractivity contribution in [2.75, 3.05) is 6.61 Å². The van der Waals surface area contributed by atoms with Crippen molar-refractivity contribution >= 4 is 23.5 Å². The van der Waals surface area contributed by atoms with E-state index in [1.165, 1.54) is 25.1 Å². The first-order valence-electron chi connectivity index (χ1n) is 8.30. The van der Waals surface area contributed by atoms with Crippen LogP contribution in [-0.4, -0.2) is 34.1 Å². The molecule has 2 saturated carbocycles. The Morgan fingerprint density at radius 1 is 1.38 bits per heavy atom. The second kappa shape index (κ2) is 6.97. The molecule has 2 aliphatic rings. The quantitative estimate of drug-likeness (QED) is 0.787. The largest absolute Gasteiger partial charge is 0.481 e. The molecular formula is C17H21ClN2O4. The fraction of sp³-hybridized carbons (Fsp3) is 0.588. The van der Waals surface area contributed by atoms with Crippen LogP contribution < -0.4 is 10.1 Å². The van der Waals surface area contributed by atoms with Gasteiger partial charge in [0.15, 0.2) is 0 Å². The van der Waals surface area contributed by atoms with Crippen molar-refractivity contribution in [3.63, 3.8) is 0 Å². The molecule has 6 nitrogen and oxygen atoms in total. The first-order chi connectivity index (χ1) is 11.5. The van der Waals surface area contributed by atoms with Gasteiger partial charge >= 0.3 is 5.97 Å². The Morgan fingerprint density at radius 2 is 2.08 bits per heavy atom. The van der Waals surface area contributed by atoms with Gasteiger partial charge in [0.1, 0.15) is 5.02 Å². The van der Waals surface area contributed by atoms with Crippen molar-refractivity contribution in [2.24, 2.45) is 5.92 Å². The van der Waals surface area contributed by atoms with E-state index >= 15 is 0 Å². The fourth-order valence-corrected chi connectivity index (χ4v) is 3.36. The van der Waals surface area contributed by atoms with Crippen molar-refractivity contribution in [3.8, 4) is 5.88 Å². The number of nitrogens with one attached hydrogen (secondary N) is 1. The number of aromatic nitrogens is 1. The molecule has 0 radical (unpaired) electrons. The van der Waals surface area contributed by atoms with Gasteiger partial charge in [-0.1, -0.05) is 24.4 Å². The van der Waals surface area contributed by atoms with E-state index in [0.717, 1.165) is 12.8 Å². The summed E-state index contributed by atoms with van der Waals surface area (Å²) >= 11 is 6.15. The molecular weight excluding hydrogens is 332 g/mol. The molecule has 1 amide bonds. The number of halogens is 1. The molecule has 0 bridgehead atoms. The molecule has 0 saturated heterocycles. The van der Waals surface area contributed by atoms with Gasteiger partial charge in [-0.15, -0.1) is 0 Å². The zero-order valence-corrected chi connectivity index (χ0v) is 14.1. The van der Waals surface area contributed by atoms with Crippen LogP contribution in [0, 0.1) is 5.92 Å². The average molecular weight is 353 g/mol. The lowest BCUT2D eigenvalue weighted by molar-refractivity contribution is -0.138. The van der Waals surface area contributed by atoms with E-state index in [0.29, 0.717) is 41.8 Å². The molecule has 7 heteroatoms. The Kier molecular flexibility index (Phi) is 4.94. The number of aliphatic carboxylic acids is 1. The Morgan fingerprint density at radius 3 is 2.67 bits per heavy atom. The minimum atomic E-state index is -0.905. The first kappa shape index (κ1) is 17.0. The zero-order valence-electron chi connectivity index (χ0n) is 13.4. The summed E-state index contributed by atoms with van der Waals surface area (Å²) in [4.78, 5) is 27.7. The number of carboxylic acid groups (broad SMARTS) is 1. The summed E-state index contributed by atoms with van der Waals surface area (Å²) in [5, 5.41) is 12.3. The van der Waals surface area contributed by atoms with Crippen LogP contribution in [0.15, 0.2) is 12.3 Å². The van der Waals surface area contributed by atoms with Gasteiger partial charge in [0.25, 0.3) is 5.91 Å². The van der Waals surface area contributed by atoms with Crippen LogP contribution in [0.3, 0.4) is 0 Å². The number of carbonyl (C=O) groups excluding carboxylic acids is 1. The monoisotopic (exact) mass is 352 g/mol. The lowest BCUT2D eigenvalue weighted by atomic mass is 9.93. The van der Waals surface area contributed by atoms with Gasteiger partial charge in [0.2, 0.25) is 5.88 Å². The Hall–Kier alpha value is -1.82. The van der Waals surface area contributed by atoms with Crippen LogP contribution in [0.5, 0.6) is 5.88 Å². The lowest BCUT2D eigenvalue weighted by Gasteiger charge is -2.28. The summed E-state index contributed by atoms with van der Waals surface area (Å²) < 4.78 is 5.55. The van der Waals surface area contributed by atoms with Gasteiger partial charge in [-0.25, -0.2) is 4.98 Å². The third-order valence-electron chi connectivity index (χ3n) is 4.65. The number of amides is 1. The van der Waals surface area contributed by atoms with Crippen LogP contribution in [-0.2, 0) is 4.79 Å². The summed E-state index contributed by atoms with van der Waals surface area (Å²) in [7, 11) is 0. The van der Waals surface area contributed by atoms with Crippen molar-refractivity contribution in [3.05, 3.63) is 22.8 Å². The molecule has 2 fully saturated rings. The van der Waals surface area contributed by atoms with Gasteiger partial charge < -0.3 is 15.2 Å². The van der Waals surface area contributed by atoms with Crippen molar-refractivity contribution in [1.82, 2.24) is 10.3 Å². The van der Waals surface area contributed by atoms with Crippen LogP contribution in [0.1, 0.15) is 55.3 Å². The standard InChI is InChI=1S/C17H21ClN2O4/c18-13-7-12(9-19-16(13)24-10-11-3-4-11)15(23)20-17(8-14(21)22)5-1-2-6-17/h7,9,11H,1-6,8,10H2,(H,20,23)(H,21,22). The molecule has 2 aliphatic carbocycles. The van der Waals surface area contributed by atoms with Crippen LogP contribution in [0.4, 0.5) is 0 Å². The molecule has 1 aromatic rings. The number of nitrogens with zero attached hydrogens (tertiary/aromatic N) is 1. The molecule has 130 valence electrons. The van der Waals surface area contributed by atoms with Gasteiger partial charge in [0, 0.05) is 6.20 Å². The highest BCUT2D eigenvalue weighted by Gasteiger charge is 2.37. The second-order valence-electron chi connectivity index (χ2n) is 6.78. The van der Waals surface area contributed by atoms with E-state index in [-0.39, 0.29) is 12.3 Å². The minimum absolute atomic E-state index is 0.0670. The van der Waals surface area contributed by atoms with Gasteiger partial charge in [-0.05, 0) is 37.7 Å². The van der Waals surface area contributed by atoms with E-state index in [4.69, 9.17) is 21.4 Å². The van der Waals surface area contributed by atoms with E-state index in [1.54, 1.807) is 0 Å². The van der Waals surface area contributed by atoms with Crippen molar-refractivity contribution in [2.45, 2.75) is 50.5 Å². The highest BCUT2D eigenvalue weighted by molar-refractivity contribution is 6.32. The maximum absolute atomic E-state index is 12.5. The molecule has 0 atom stereocenters. The number of hydrogen-bond donors (Lipinski definition) is 2. The van der Waals surface area contributed by atoms with Gasteiger partial charge in [0.05, 0.1) is 24.1 Å². The van der Waals surface area contributed by atoms with Crippen molar-refractivity contribution < 1.29 is 19.4 Å². The van der Waals surface area contributed by atoms with Crippen LogP contribution in [0.25, 0.3) is 0 Å². The van der Waals surface area contributed by atoms with Gasteiger partial charge in [-0.2, -0.15) is 0 Å². The van der Waals surface area contributed by atoms with Crippen molar-refractivity contribution in [1.29, 1.82) is 0 Å². The van der Waals surface area contributed by atoms with E-state index in [9.17, 15) is 9.59 Å². The zero-order chi connectivity index (χ0) is 17.2. The van der Waals surface area contributed by atoms with E-state index in [1.807, 2.05) is 0 Å². The molecule has 1 heterocycles. The summed E-state index contributed by atoms with van der Waals surface area (Å²) in [5.74, 6) is -0.330. The predicted molar refractivity (Wildman–Crippen MR) is 88.4 cm³/mol. The Bertz CT molecular complexity index is 639. The molecule has 24 heavy (non-hydrogen) atoms. The average Bonchev–Trinajstić information content (AvgIpc) is 3.25. The summed E-state index contributed by atoms with van der Waals surface area (Å²) in [6.07, 6.45) is 6.88. The highest BCUT2D eigenvalue weighted by atomic mass is 35.5. The maximum atomic E-state index is 12.5. The summed E-state index contributed by atoms with van der Waals surface area (Å²) in [5.41, 5.74) is -0.355. The number of hydrogen-bond acceptors (Lipinski definition) is 4.